The van der Waals surface area contributed by atoms with Gasteiger partial charge in [0.2, 0.25) is 0 Å². The van der Waals surface area contributed by atoms with Crippen LogP contribution in [0.4, 0.5) is 4.39 Å². The number of thioether (sulfide) groups is 1. The lowest BCUT2D eigenvalue weighted by Crippen LogP contribution is -2.30. The van der Waals surface area contributed by atoms with Gasteiger partial charge in [0.1, 0.15) is 5.82 Å². The summed E-state index contributed by atoms with van der Waals surface area (Å²) in [5.74, 6) is 0.439. The van der Waals surface area contributed by atoms with Crippen molar-refractivity contribution < 1.29 is 9.18 Å². The van der Waals surface area contributed by atoms with Crippen LogP contribution in [0, 0.1) is 5.82 Å². The summed E-state index contributed by atoms with van der Waals surface area (Å²) < 4.78 is 15.3. The molecule has 0 saturated carbocycles. The van der Waals surface area contributed by atoms with Gasteiger partial charge in [-0.15, -0.1) is 11.8 Å². The van der Waals surface area contributed by atoms with Crippen LogP contribution < -0.4 is 5.32 Å². The highest BCUT2D eigenvalue weighted by atomic mass is 32.2. The molecule has 4 rings (SSSR count). The van der Waals surface area contributed by atoms with E-state index in [2.05, 4.69) is 10.4 Å². The van der Waals surface area contributed by atoms with E-state index in [1.54, 1.807) is 34.9 Å². The second kappa shape index (κ2) is 7.33. The zero-order valence-corrected chi connectivity index (χ0v) is 14.9. The van der Waals surface area contributed by atoms with Crippen LogP contribution in [0.15, 0.2) is 65.8 Å². The van der Waals surface area contributed by atoms with Gasteiger partial charge in [-0.3, -0.25) is 9.48 Å². The SMILES string of the molecule is O=C(N[C@H]1CCSc2ccc(F)cc21)c1cnn(Cc2ccccc2)c1. The summed E-state index contributed by atoms with van der Waals surface area (Å²) >= 11 is 1.69. The van der Waals surface area contributed by atoms with Gasteiger partial charge in [0.05, 0.1) is 24.3 Å². The Bertz CT molecular complexity index is 926. The predicted octanol–water partition coefficient (Wildman–Crippen LogP) is 4.04. The molecule has 6 heteroatoms. The summed E-state index contributed by atoms with van der Waals surface area (Å²) in [6.45, 7) is 0.613. The van der Waals surface area contributed by atoms with Crippen molar-refractivity contribution in [3.8, 4) is 0 Å². The first-order valence-electron chi connectivity index (χ1n) is 8.48. The van der Waals surface area contributed by atoms with Crippen molar-refractivity contribution in [3.05, 3.63) is 83.4 Å². The number of nitrogens with zero attached hydrogens (tertiary/aromatic N) is 2. The molecule has 0 spiro atoms. The summed E-state index contributed by atoms with van der Waals surface area (Å²) in [6, 6.07) is 14.6. The van der Waals surface area contributed by atoms with Crippen LogP contribution in [0.3, 0.4) is 0 Å². The first-order chi connectivity index (χ1) is 12.7. The molecular formula is C20H18FN3OS. The van der Waals surface area contributed by atoms with Crippen molar-refractivity contribution in [2.45, 2.75) is 23.9 Å². The van der Waals surface area contributed by atoms with E-state index in [4.69, 9.17) is 0 Å². The Balaban J connectivity index is 1.47. The number of hydrogen-bond acceptors (Lipinski definition) is 3. The van der Waals surface area contributed by atoms with E-state index in [9.17, 15) is 9.18 Å². The Hall–Kier alpha value is -2.60. The van der Waals surface area contributed by atoms with Gasteiger partial charge in [-0.1, -0.05) is 30.3 Å². The molecule has 1 atom stereocenters. The molecule has 132 valence electrons. The fourth-order valence-electron chi connectivity index (χ4n) is 3.09. The number of amides is 1. The molecule has 1 amide bonds. The molecule has 4 nitrogen and oxygen atoms in total. The molecule has 0 fully saturated rings. The summed E-state index contributed by atoms with van der Waals surface area (Å²) in [5.41, 5.74) is 2.49. The Kier molecular flexibility index (Phi) is 4.75. The molecule has 0 aliphatic carbocycles. The monoisotopic (exact) mass is 367 g/mol. The zero-order valence-electron chi connectivity index (χ0n) is 14.1. The summed E-state index contributed by atoms with van der Waals surface area (Å²) in [5, 5.41) is 7.30. The van der Waals surface area contributed by atoms with Crippen LogP contribution in [-0.2, 0) is 6.54 Å². The van der Waals surface area contributed by atoms with Crippen molar-refractivity contribution in [2.24, 2.45) is 0 Å². The normalized spacial score (nSPS) is 16.1. The number of halogens is 1. The second-order valence-electron chi connectivity index (χ2n) is 6.26. The van der Waals surface area contributed by atoms with Crippen LogP contribution in [0.2, 0.25) is 0 Å². The van der Waals surface area contributed by atoms with E-state index in [0.717, 1.165) is 28.2 Å². The summed E-state index contributed by atoms with van der Waals surface area (Å²) in [6.07, 6.45) is 4.10. The number of fused-ring (bicyclic) bond motifs is 1. The van der Waals surface area contributed by atoms with Gasteiger partial charge in [0, 0.05) is 16.8 Å². The molecule has 26 heavy (non-hydrogen) atoms. The molecule has 0 unspecified atom stereocenters. The molecule has 0 radical (unpaired) electrons. The Morgan fingerprint density at radius 3 is 2.96 bits per heavy atom. The maximum Gasteiger partial charge on any atom is 0.254 e. The average Bonchev–Trinajstić information content (AvgIpc) is 3.12. The third-order valence-electron chi connectivity index (χ3n) is 4.40. The van der Waals surface area contributed by atoms with Crippen molar-refractivity contribution >= 4 is 17.7 Å². The Morgan fingerprint density at radius 2 is 2.12 bits per heavy atom. The van der Waals surface area contributed by atoms with E-state index in [1.165, 1.54) is 12.1 Å². The van der Waals surface area contributed by atoms with E-state index < -0.39 is 0 Å². The minimum atomic E-state index is -0.277. The number of carbonyl (C=O) groups excluding carboxylic acids is 1. The number of nitrogens with one attached hydrogen (secondary N) is 1. The summed E-state index contributed by atoms with van der Waals surface area (Å²) in [4.78, 5) is 13.6. The number of aromatic nitrogens is 2. The Morgan fingerprint density at radius 1 is 1.27 bits per heavy atom. The fourth-order valence-corrected chi connectivity index (χ4v) is 4.20. The topological polar surface area (TPSA) is 46.9 Å². The van der Waals surface area contributed by atoms with Crippen LogP contribution in [0.1, 0.15) is 33.9 Å². The minimum absolute atomic E-state index is 0.174. The van der Waals surface area contributed by atoms with Crippen molar-refractivity contribution in [1.29, 1.82) is 0 Å². The first kappa shape index (κ1) is 16.8. The molecular weight excluding hydrogens is 349 g/mol. The highest BCUT2D eigenvalue weighted by molar-refractivity contribution is 7.99. The first-order valence-corrected chi connectivity index (χ1v) is 9.47. The minimum Gasteiger partial charge on any atom is -0.345 e. The third-order valence-corrected chi connectivity index (χ3v) is 5.52. The molecule has 1 N–H and O–H groups in total. The van der Waals surface area contributed by atoms with Crippen molar-refractivity contribution in [2.75, 3.05) is 5.75 Å². The zero-order chi connectivity index (χ0) is 17.9. The Labute approximate surface area is 155 Å². The maximum absolute atomic E-state index is 13.6. The molecule has 1 aromatic heterocycles. The van der Waals surface area contributed by atoms with Crippen LogP contribution in [-0.4, -0.2) is 21.4 Å². The molecule has 2 heterocycles. The molecule has 0 bridgehead atoms. The lowest BCUT2D eigenvalue weighted by atomic mass is 10.0. The van der Waals surface area contributed by atoms with Gasteiger partial charge in [0.15, 0.2) is 0 Å². The van der Waals surface area contributed by atoms with Crippen LogP contribution in [0.25, 0.3) is 0 Å². The quantitative estimate of drug-likeness (QED) is 0.757. The average molecular weight is 367 g/mol. The van der Waals surface area contributed by atoms with E-state index in [-0.39, 0.29) is 17.8 Å². The second-order valence-corrected chi connectivity index (χ2v) is 7.39. The van der Waals surface area contributed by atoms with Crippen molar-refractivity contribution in [3.63, 3.8) is 0 Å². The van der Waals surface area contributed by atoms with Gasteiger partial charge in [0.25, 0.3) is 5.91 Å². The van der Waals surface area contributed by atoms with Gasteiger partial charge in [-0.2, -0.15) is 5.10 Å². The van der Waals surface area contributed by atoms with Crippen molar-refractivity contribution in [1.82, 2.24) is 15.1 Å². The molecule has 1 aliphatic heterocycles. The number of hydrogen-bond donors (Lipinski definition) is 1. The van der Waals surface area contributed by atoms with E-state index >= 15 is 0 Å². The van der Waals surface area contributed by atoms with Crippen LogP contribution in [0.5, 0.6) is 0 Å². The number of benzene rings is 2. The lowest BCUT2D eigenvalue weighted by Gasteiger charge is -2.25. The lowest BCUT2D eigenvalue weighted by molar-refractivity contribution is 0.0934. The molecule has 0 saturated heterocycles. The van der Waals surface area contributed by atoms with Crippen LogP contribution >= 0.6 is 11.8 Å². The standard InChI is InChI=1S/C20H18FN3OS/c21-16-6-7-19-17(10-16)18(8-9-26-19)23-20(25)15-11-22-24(13-15)12-14-4-2-1-3-5-14/h1-7,10-11,13,18H,8-9,12H2,(H,23,25)/t18-/m0/s1. The molecule has 2 aromatic carbocycles. The number of carbonyl (C=O) groups is 1. The highest BCUT2D eigenvalue weighted by Gasteiger charge is 2.23. The summed E-state index contributed by atoms with van der Waals surface area (Å²) in [7, 11) is 0. The highest BCUT2D eigenvalue weighted by Crippen LogP contribution is 2.36. The van der Waals surface area contributed by atoms with Gasteiger partial charge in [-0.05, 0) is 35.7 Å². The fraction of sp³-hybridized carbons (Fsp3) is 0.200. The van der Waals surface area contributed by atoms with E-state index in [1.807, 2.05) is 30.3 Å². The molecule has 3 aromatic rings. The van der Waals surface area contributed by atoms with E-state index in [0.29, 0.717) is 12.1 Å². The largest absolute Gasteiger partial charge is 0.345 e. The molecule has 1 aliphatic rings. The number of rotatable bonds is 4. The predicted molar refractivity (Wildman–Crippen MR) is 99.7 cm³/mol. The smallest absolute Gasteiger partial charge is 0.254 e. The maximum atomic E-state index is 13.6. The third kappa shape index (κ3) is 3.65. The van der Waals surface area contributed by atoms with Gasteiger partial charge in [-0.25, -0.2) is 4.39 Å². The van der Waals surface area contributed by atoms with Gasteiger partial charge < -0.3 is 5.32 Å². The van der Waals surface area contributed by atoms with Gasteiger partial charge >= 0.3 is 0 Å².